The predicted octanol–water partition coefficient (Wildman–Crippen LogP) is 4.08. The van der Waals surface area contributed by atoms with E-state index in [0.717, 1.165) is 27.6 Å². The summed E-state index contributed by atoms with van der Waals surface area (Å²) >= 11 is 1.40. The fourth-order valence-corrected chi connectivity index (χ4v) is 3.08. The van der Waals surface area contributed by atoms with Crippen LogP contribution in [0.15, 0.2) is 53.7 Å². The van der Waals surface area contributed by atoms with Crippen molar-refractivity contribution in [2.75, 3.05) is 11.9 Å². The first-order chi connectivity index (χ1) is 11.7. The lowest BCUT2D eigenvalue weighted by atomic mass is 10.3. The predicted molar refractivity (Wildman–Crippen MR) is 97.7 cm³/mol. The van der Waals surface area contributed by atoms with E-state index in [4.69, 9.17) is 4.74 Å². The number of rotatable bonds is 6. The van der Waals surface area contributed by atoms with Gasteiger partial charge in [-0.1, -0.05) is 30.0 Å². The minimum Gasteiger partial charge on any atom is -0.494 e. The molecular formula is C18H19N3O2S. The lowest BCUT2D eigenvalue weighted by Gasteiger charge is -2.10. The van der Waals surface area contributed by atoms with Crippen molar-refractivity contribution in [3.05, 3.63) is 48.5 Å². The zero-order chi connectivity index (χ0) is 16.9. The molecule has 3 aromatic rings. The number of para-hydroxylation sites is 1. The number of hydrogen-bond acceptors (Lipinski definition) is 4. The number of thioether (sulfide) groups is 1. The summed E-state index contributed by atoms with van der Waals surface area (Å²) in [6, 6.07) is 15.2. The van der Waals surface area contributed by atoms with E-state index in [1.165, 1.54) is 11.8 Å². The molecule has 1 amide bonds. The molecule has 0 fully saturated rings. The largest absolute Gasteiger partial charge is 0.494 e. The van der Waals surface area contributed by atoms with Crippen molar-refractivity contribution in [3.8, 4) is 5.75 Å². The van der Waals surface area contributed by atoms with E-state index in [1.54, 1.807) is 0 Å². The van der Waals surface area contributed by atoms with Crippen LogP contribution in [0.2, 0.25) is 0 Å². The molecule has 0 unspecified atom stereocenters. The van der Waals surface area contributed by atoms with Crippen molar-refractivity contribution in [1.29, 1.82) is 0 Å². The smallest absolute Gasteiger partial charge is 0.237 e. The summed E-state index contributed by atoms with van der Waals surface area (Å²) in [5.41, 5.74) is 2.55. The zero-order valence-corrected chi connectivity index (χ0v) is 14.4. The third-order valence-electron chi connectivity index (χ3n) is 3.44. The molecule has 0 saturated carbocycles. The summed E-state index contributed by atoms with van der Waals surface area (Å²) in [6.45, 7) is 4.44. The van der Waals surface area contributed by atoms with Crippen LogP contribution in [0.5, 0.6) is 5.75 Å². The van der Waals surface area contributed by atoms with Crippen molar-refractivity contribution in [3.63, 3.8) is 0 Å². The molecule has 2 N–H and O–H groups in total. The molecule has 0 aliphatic rings. The Morgan fingerprint density at radius 2 is 2.08 bits per heavy atom. The van der Waals surface area contributed by atoms with Gasteiger partial charge in [0.15, 0.2) is 5.16 Å². The maximum atomic E-state index is 12.3. The van der Waals surface area contributed by atoms with Gasteiger partial charge >= 0.3 is 0 Å². The lowest BCUT2D eigenvalue weighted by molar-refractivity contribution is -0.115. The molecule has 0 spiro atoms. The molecule has 0 aliphatic heterocycles. The number of aromatic amines is 1. The second kappa shape index (κ2) is 7.40. The number of anilines is 1. The summed E-state index contributed by atoms with van der Waals surface area (Å²) in [5.74, 6) is 0.752. The first-order valence-electron chi connectivity index (χ1n) is 7.81. The van der Waals surface area contributed by atoms with Crippen molar-refractivity contribution in [2.24, 2.45) is 0 Å². The summed E-state index contributed by atoms with van der Waals surface area (Å²) in [5, 5.41) is 3.35. The van der Waals surface area contributed by atoms with Crippen molar-refractivity contribution in [1.82, 2.24) is 9.97 Å². The number of fused-ring (bicyclic) bond motifs is 1. The van der Waals surface area contributed by atoms with Crippen molar-refractivity contribution in [2.45, 2.75) is 24.3 Å². The number of ether oxygens (including phenoxy) is 1. The molecule has 0 radical (unpaired) electrons. The first-order valence-corrected chi connectivity index (χ1v) is 8.69. The number of aromatic nitrogens is 2. The second-order valence-corrected chi connectivity index (χ2v) is 6.60. The van der Waals surface area contributed by atoms with Crippen LogP contribution in [0.4, 0.5) is 5.69 Å². The number of carbonyl (C=O) groups is 1. The minimum atomic E-state index is -0.267. The zero-order valence-electron chi connectivity index (χ0n) is 13.6. The Hall–Kier alpha value is -2.47. The number of amides is 1. The highest BCUT2D eigenvalue weighted by molar-refractivity contribution is 8.00. The number of H-pyrrole nitrogens is 1. The van der Waals surface area contributed by atoms with Crippen LogP contribution in [0.25, 0.3) is 11.0 Å². The van der Waals surface area contributed by atoms with Crippen LogP contribution < -0.4 is 10.1 Å². The average Bonchev–Trinajstić information content (AvgIpc) is 2.97. The minimum absolute atomic E-state index is 0.0540. The van der Waals surface area contributed by atoms with Crippen LogP contribution in [0.3, 0.4) is 0 Å². The number of nitrogens with one attached hydrogen (secondary N) is 2. The Bertz CT molecular complexity index is 833. The van der Waals surface area contributed by atoms with Gasteiger partial charge in [-0.05, 0) is 38.1 Å². The molecule has 1 aromatic heterocycles. The van der Waals surface area contributed by atoms with Gasteiger partial charge < -0.3 is 15.0 Å². The molecule has 0 aliphatic carbocycles. The fraction of sp³-hybridized carbons (Fsp3) is 0.222. The van der Waals surface area contributed by atoms with E-state index in [0.29, 0.717) is 6.61 Å². The van der Waals surface area contributed by atoms with Crippen LogP contribution in [-0.4, -0.2) is 27.7 Å². The number of carbonyl (C=O) groups excluding carboxylic acids is 1. The van der Waals surface area contributed by atoms with Gasteiger partial charge in [-0.15, -0.1) is 0 Å². The Morgan fingerprint density at radius 3 is 2.83 bits per heavy atom. The Morgan fingerprint density at radius 1 is 1.29 bits per heavy atom. The SMILES string of the molecule is CCOc1ccc2nc(S[C@H](C)C(=O)Nc3ccccc3)[nH]c2c1. The molecule has 0 saturated heterocycles. The Balaban J connectivity index is 1.68. The fourth-order valence-electron chi connectivity index (χ4n) is 2.26. The van der Waals surface area contributed by atoms with Crippen LogP contribution in [-0.2, 0) is 4.79 Å². The first kappa shape index (κ1) is 16.4. The highest BCUT2D eigenvalue weighted by Crippen LogP contribution is 2.26. The van der Waals surface area contributed by atoms with Gasteiger partial charge in [0.05, 0.1) is 22.9 Å². The van der Waals surface area contributed by atoms with E-state index in [2.05, 4.69) is 15.3 Å². The quantitative estimate of drug-likeness (QED) is 0.663. The van der Waals surface area contributed by atoms with Crippen LogP contribution in [0.1, 0.15) is 13.8 Å². The van der Waals surface area contributed by atoms with Gasteiger partial charge in [0, 0.05) is 11.8 Å². The van der Waals surface area contributed by atoms with E-state index in [9.17, 15) is 4.79 Å². The highest BCUT2D eigenvalue weighted by atomic mass is 32.2. The van der Waals surface area contributed by atoms with E-state index >= 15 is 0 Å². The van der Waals surface area contributed by atoms with E-state index in [1.807, 2.05) is 62.4 Å². The van der Waals surface area contributed by atoms with Crippen molar-refractivity contribution >= 4 is 34.4 Å². The molecule has 1 heterocycles. The van der Waals surface area contributed by atoms with Gasteiger partial charge in [0.25, 0.3) is 0 Å². The van der Waals surface area contributed by atoms with Gasteiger partial charge in [-0.3, -0.25) is 4.79 Å². The number of nitrogens with zero attached hydrogens (tertiary/aromatic N) is 1. The Labute approximate surface area is 144 Å². The summed E-state index contributed by atoms with van der Waals surface area (Å²) in [6.07, 6.45) is 0. The highest BCUT2D eigenvalue weighted by Gasteiger charge is 2.17. The molecule has 1 atom stereocenters. The summed E-state index contributed by atoms with van der Waals surface area (Å²) in [7, 11) is 0. The topological polar surface area (TPSA) is 67.0 Å². The van der Waals surface area contributed by atoms with E-state index < -0.39 is 0 Å². The number of benzene rings is 2. The molecular weight excluding hydrogens is 322 g/mol. The van der Waals surface area contributed by atoms with Gasteiger partial charge in [-0.2, -0.15) is 0 Å². The number of imidazole rings is 1. The third kappa shape index (κ3) is 3.89. The average molecular weight is 341 g/mol. The molecule has 0 bridgehead atoms. The maximum absolute atomic E-state index is 12.3. The van der Waals surface area contributed by atoms with Gasteiger partial charge in [0.2, 0.25) is 5.91 Å². The molecule has 6 heteroatoms. The summed E-state index contributed by atoms with van der Waals surface area (Å²) in [4.78, 5) is 20.0. The Kier molecular flexibility index (Phi) is 5.05. The van der Waals surface area contributed by atoms with Gasteiger partial charge in [-0.25, -0.2) is 4.98 Å². The molecule has 24 heavy (non-hydrogen) atoms. The summed E-state index contributed by atoms with van der Waals surface area (Å²) < 4.78 is 5.49. The van der Waals surface area contributed by atoms with Crippen LogP contribution in [0, 0.1) is 0 Å². The molecule has 3 rings (SSSR count). The third-order valence-corrected chi connectivity index (χ3v) is 4.43. The van der Waals surface area contributed by atoms with Crippen molar-refractivity contribution < 1.29 is 9.53 Å². The molecule has 5 nitrogen and oxygen atoms in total. The number of hydrogen-bond donors (Lipinski definition) is 2. The van der Waals surface area contributed by atoms with Crippen LogP contribution >= 0.6 is 11.8 Å². The lowest BCUT2D eigenvalue weighted by Crippen LogP contribution is -2.22. The standard InChI is InChI=1S/C18H19N3O2S/c1-3-23-14-9-10-15-16(11-14)21-18(20-15)24-12(2)17(22)19-13-7-5-4-6-8-13/h4-12H,3H2,1-2H3,(H,19,22)(H,20,21)/t12-/m1/s1. The van der Waals surface area contributed by atoms with E-state index in [-0.39, 0.29) is 11.2 Å². The maximum Gasteiger partial charge on any atom is 0.237 e. The molecule has 2 aromatic carbocycles. The monoisotopic (exact) mass is 341 g/mol. The molecule has 124 valence electrons. The normalized spacial score (nSPS) is 12.1. The van der Waals surface area contributed by atoms with Gasteiger partial charge in [0.1, 0.15) is 5.75 Å². The second-order valence-electron chi connectivity index (χ2n) is 5.27.